The Labute approximate surface area is 204 Å². The molecular formula is C27H30N2O6. The van der Waals surface area contributed by atoms with Crippen LogP contribution < -0.4 is 5.32 Å². The lowest BCUT2D eigenvalue weighted by Gasteiger charge is -2.42. The quantitative estimate of drug-likeness (QED) is 0.603. The number of carbonyl (C=O) groups is 3. The van der Waals surface area contributed by atoms with E-state index in [1.807, 2.05) is 36.4 Å². The molecule has 8 nitrogen and oxygen atoms in total. The van der Waals surface area contributed by atoms with Crippen molar-refractivity contribution in [2.24, 2.45) is 5.92 Å². The summed E-state index contributed by atoms with van der Waals surface area (Å²) in [6.45, 7) is 2.19. The second-order valence-corrected chi connectivity index (χ2v) is 9.85. The van der Waals surface area contributed by atoms with Crippen LogP contribution in [-0.4, -0.2) is 65.9 Å². The average molecular weight is 479 g/mol. The highest BCUT2D eigenvalue weighted by atomic mass is 16.5. The summed E-state index contributed by atoms with van der Waals surface area (Å²) in [6.07, 6.45) is 0.410. The van der Waals surface area contributed by atoms with Crippen molar-refractivity contribution in [1.82, 2.24) is 10.2 Å². The lowest BCUT2D eigenvalue weighted by atomic mass is 9.73. The Balaban J connectivity index is 1.33. The van der Waals surface area contributed by atoms with Gasteiger partial charge in [0.05, 0.1) is 6.61 Å². The first-order chi connectivity index (χ1) is 16.8. The Morgan fingerprint density at radius 1 is 1.09 bits per heavy atom. The Morgan fingerprint density at radius 2 is 1.69 bits per heavy atom. The number of rotatable bonds is 8. The maximum absolute atomic E-state index is 13.7. The summed E-state index contributed by atoms with van der Waals surface area (Å²) >= 11 is 0. The lowest BCUT2D eigenvalue weighted by molar-refractivity contribution is -0.161. The third kappa shape index (κ3) is 3.58. The Morgan fingerprint density at radius 3 is 2.23 bits per heavy atom. The molecule has 1 atom stereocenters. The number of alkyl carbamates (subject to hydrolysis) is 1. The molecule has 2 bridgehead atoms. The topological polar surface area (TPSA) is 105 Å². The van der Waals surface area contributed by atoms with Crippen molar-refractivity contribution in [1.29, 1.82) is 0 Å². The van der Waals surface area contributed by atoms with E-state index >= 15 is 0 Å². The molecule has 0 aromatic heterocycles. The van der Waals surface area contributed by atoms with E-state index in [1.54, 1.807) is 6.92 Å². The summed E-state index contributed by atoms with van der Waals surface area (Å²) in [4.78, 5) is 40.1. The molecule has 0 spiro atoms. The first kappa shape index (κ1) is 23.4. The fraction of sp³-hybridized carbons (Fsp3) is 0.444. The third-order valence-corrected chi connectivity index (χ3v) is 7.94. The molecule has 2 aliphatic heterocycles. The molecule has 2 amide bonds. The van der Waals surface area contributed by atoms with Gasteiger partial charge in [0.25, 0.3) is 5.91 Å². The zero-order valence-corrected chi connectivity index (χ0v) is 20.0. The molecule has 8 heteroatoms. The van der Waals surface area contributed by atoms with E-state index in [2.05, 4.69) is 17.4 Å². The number of benzene rings is 2. The van der Waals surface area contributed by atoms with Gasteiger partial charge in [-0.25, -0.2) is 9.59 Å². The second-order valence-electron chi connectivity index (χ2n) is 9.85. The molecular weight excluding hydrogens is 448 g/mol. The zero-order chi connectivity index (χ0) is 24.8. The maximum atomic E-state index is 13.7. The first-order valence-corrected chi connectivity index (χ1v) is 12.0. The van der Waals surface area contributed by atoms with Crippen molar-refractivity contribution in [2.45, 2.75) is 43.2 Å². The number of ether oxygens (including phenoxy) is 2. The van der Waals surface area contributed by atoms with Crippen LogP contribution in [0.3, 0.4) is 0 Å². The Hall–Kier alpha value is -3.39. The number of aliphatic carboxylic acids is 1. The minimum Gasteiger partial charge on any atom is -0.479 e. The standard InChI is InChI=1S/C27H30N2O6/c1-3-26(16-34-2,23(30)29-14-17-12-27(29,13-17)24(31)32)28-25(33)35-15-22-20-10-6-4-8-18(20)19-9-5-7-11-21(19)22/h4-11,17,22H,3,12-16H2,1-2H3,(H,28,33)(H,31,32). The van der Waals surface area contributed by atoms with Crippen molar-refractivity contribution in [3.8, 4) is 11.1 Å². The predicted molar refractivity (Wildman–Crippen MR) is 128 cm³/mol. The van der Waals surface area contributed by atoms with Crippen LogP contribution in [0, 0.1) is 5.92 Å². The van der Waals surface area contributed by atoms with E-state index in [9.17, 15) is 19.5 Å². The van der Waals surface area contributed by atoms with Gasteiger partial charge in [-0.15, -0.1) is 0 Å². The zero-order valence-electron chi connectivity index (χ0n) is 20.0. The molecule has 2 saturated heterocycles. The van der Waals surface area contributed by atoms with Crippen LogP contribution >= 0.6 is 0 Å². The Kier molecular flexibility index (Phi) is 5.79. The largest absolute Gasteiger partial charge is 0.479 e. The third-order valence-electron chi connectivity index (χ3n) is 7.94. The number of carboxylic acids is 1. The molecule has 2 aliphatic carbocycles. The van der Waals surface area contributed by atoms with Crippen LogP contribution in [0.2, 0.25) is 0 Å². The highest BCUT2D eigenvalue weighted by Crippen LogP contribution is 2.51. The van der Waals surface area contributed by atoms with Gasteiger partial charge in [0, 0.05) is 19.6 Å². The van der Waals surface area contributed by atoms with Gasteiger partial charge < -0.3 is 24.8 Å². The van der Waals surface area contributed by atoms with Gasteiger partial charge in [0.1, 0.15) is 17.7 Å². The summed E-state index contributed by atoms with van der Waals surface area (Å²) in [7, 11) is 1.45. The van der Waals surface area contributed by atoms with Gasteiger partial charge in [-0.3, -0.25) is 4.79 Å². The van der Waals surface area contributed by atoms with Crippen molar-refractivity contribution >= 4 is 18.0 Å². The second kappa shape index (κ2) is 8.68. The molecule has 3 fully saturated rings. The van der Waals surface area contributed by atoms with Crippen molar-refractivity contribution in [3.63, 3.8) is 0 Å². The van der Waals surface area contributed by atoms with E-state index < -0.39 is 29.0 Å². The maximum Gasteiger partial charge on any atom is 0.408 e. The number of nitrogens with one attached hydrogen (secondary N) is 1. The van der Waals surface area contributed by atoms with Crippen LogP contribution in [-0.2, 0) is 19.1 Å². The minimum absolute atomic E-state index is 0.0800. The van der Waals surface area contributed by atoms with Gasteiger partial charge >= 0.3 is 12.1 Å². The molecule has 6 rings (SSSR count). The Bertz CT molecular complexity index is 1130. The van der Waals surface area contributed by atoms with Crippen LogP contribution in [0.1, 0.15) is 43.2 Å². The van der Waals surface area contributed by atoms with E-state index in [4.69, 9.17) is 9.47 Å². The molecule has 1 unspecified atom stereocenters. The first-order valence-electron chi connectivity index (χ1n) is 12.0. The highest BCUT2D eigenvalue weighted by Gasteiger charge is 2.65. The summed E-state index contributed by atoms with van der Waals surface area (Å²) in [5.41, 5.74) is 1.85. The van der Waals surface area contributed by atoms with E-state index in [1.165, 1.54) is 12.0 Å². The molecule has 2 heterocycles. The average Bonchev–Trinajstić information content (AvgIpc) is 3.50. The van der Waals surface area contributed by atoms with Crippen molar-refractivity contribution in [3.05, 3.63) is 59.7 Å². The number of hydrogen-bond acceptors (Lipinski definition) is 5. The smallest absolute Gasteiger partial charge is 0.408 e. The minimum atomic E-state index is -1.41. The van der Waals surface area contributed by atoms with E-state index in [0.29, 0.717) is 19.4 Å². The number of methoxy groups -OCH3 is 1. The SMILES string of the molecule is CCC(COC)(NC(=O)OCC1c2ccccc2-c2ccccc21)C(=O)N1CC2CC1(C(=O)O)C2. The molecule has 2 aromatic carbocycles. The molecule has 35 heavy (non-hydrogen) atoms. The number of amides is 2. The van der Waals surface area contributed by atoms with Crippen LogP contribution in [0.5, 0.6) is 0 Å². The van der Waals surface area contributed by atoms with Gasteiger partial charge in [-0.05, 0) is 47.4 Å². The van der Waals surface area contributed by atoms with Crippen LogP contribution in [0.15, 0.2) is 48.5 Å². The molecule has 2 N–H and O–H groups in total. The lowest BCUT2D eigenvalue weighted by Crippen LogP contribution is -2.66. The molecule has 2 aromatic rings. The monoisotopic (exact) mass is 478 g/mol. The van der Waals surface area contributed by atoms with Gasteiger partial charge in [0.15, 0.2) is 0 Å². The number of carbonyl (C=O) groups excluding carboxylic acids is 2. The normalized spacial score (nSPS) is 23.6. The number of carboxylic acid groups (broad SMARTS) is 1. The summed E-state index contributed by atoms with van der Waals surface area (Å²) in [6, 6.07) is 16.1. The van der Waals surface area contributed by atoms with Crippen LogP contribution in [0.25, 0.3) is 11.1 Å². The van der Waals surface area contributed by atoms with Gasteiger partial charge in [0.2, 0.25) is 0 Å². The summed E-state index contributed by atoms with van der Waals surface area (Å²) in [5.74, 6) is -1.36. The van der Waals surface area contributed by atoms with Crippen LogP contribution in [0.4, 0.5) is 4.79 Å². The van der Waals surface area contributed by atoms with E-state index in [0.717, 1.165) is 22.3 Å². The fourth-order valence-corrected chi connectivity index (χ4v) is 6.07. The van der Waals surface area contributed by atoms with Crippen molar-refractivity contribution in [2.75, 3.05) is 26.9 Å². The predicted octanol–water partition coefficient (Wildman–Crippen LogP) is 3.40. The highest BCUT2D eigenvalue weighted by molar-refractivity contribution is 5.96. The van der Waals surface area contributed by atoms with Gasteiger partial charge in [-0.1, -0.05) is 55.5 Å². The van der Waals surface area contributed by atoms with Crippen molar-refractivity contribution < 1.29 is 29.0 Å². The number of nitrogens with zero attached hydrogens (tertiary/aromatic N) is 1. The van der Waals surface area contributed by atoms with E-state index in [-0.39, 0.29) is 31.5 Å². The molecule has 1 saturated carbocycles. The fourth-order valence-electron chi connectivity index (χ4n) is 6.07. The van der Waals surface area contributed by atoms with Gasteiger partial charge in [-0.2, -0.15) is 0 Å². The molecule has 184 valence electrons. The molecule has 0 radical (unpaired) electrons. The molecule has 4 aliphatic rings. The summed E-state index contributed by atoms with van der Waals surface area (Å²) < 4.78 is 11.0. The number of hydrogen-bond donors (Lipinski definition) is 2. The summed E-state index contributed by atoms with van der Waals surface area (Å²) in [5, 5.41) is 12.6. The number of fused-ring (bicyclic) bond motifs is 4.